The monoisotopic (exact) mass is 653 g/mol. The molecular formula is C25H15Cl6F2N3O3. The summed E-state index contributed by atoms with van der Waals surface area (Å²) >= 11 is 37.1. The molecular weight excluding hydrogens is 641 g/mol. The van der Waals surface area contributed by atoms with E-state index in [0.717, 1.165) is 13.0 Å². The molecule has 0 unspecified atom stereocenters. The maximum Gasteiger partial charge on any atom is 0.257 e. The number of alkyl halides is 2. The Morgan fingerprint density at radius 3 is 1.97 bits per heavy atom. The molecule has 6 nitrogen and oxygen atoms in total. The third kappa shape index (κ3) is 6.21. The summed E-state index contributed by atoms with van der Waals surface area (Å²) in [7, 11) is 0. The van der Waals surface area contributed by atoms with E-state index in [0.29, 0.717) is 11.6 Å². The van der Waals surface area contributed by atoms with Gasteiger partial charge in [-0.1, -0.05) is 46.4 Å². The Labute approximate surface area is 250 Å². The van der Waals surface area contributed by atoms with Gasteiger partial charge in [-0.25, -0.2) is 8.78 Å². The van der Waals surface area contributed by atoms with Crippen LogP contribution in [0.3, 0.4) is 0 Å². The van der Waals surface area contributed by atoms with Gasteiger partial charge in [-0.3, -0.25) is 14.4 Å². The molecule has 14 heteroatoms. The van der Waals surface area contributed by atoms with E-state index in [4.69, 9.17) is 69.6 Å². The molecule has 0 bridgehead atoms. The Hall–Kier alpha value is -2.33. The third-order valence-corrected chi connectivity index (χ3v) is 8.26. The Morgan fingerprint density at radius 2 is 1.38 bits per heavy atom. The normalized spacial score (nSPS) is 17.4. The maximum atomic E-state index is 14.3. The topological polar surface area (TPSA) is 87.3 Å². The average molecular weight is 656 g/mol. The Bertz CT molecular complexity index is 1510. The molecule has 1 aliphatic carbocycles. The van der Waals surface area contributed by atoms with Crippen LogP contribution in [-0.2, 0) is 9.59 Å². The molecule has 4 rings (SSSR count). The highest BCUT2D eigenvalue weighted by Crippen LogP contribution is 2.65. The maximum absolute atomic E-state index is 14.3. The number of anilines is 3. The van der Waals surface area contributed by atoms with Crippen LogP contribution in [0.25, 0.3) is 0 Å². The molecule has 0 aliphatic heterocycles. The molecule has 1 aliphatic rings. The SMILES string of the molecule is CC(=O)Nc1cc(NC(=O)c2cc(NC(=O)[C@H]3[C@H](c4cc(Cl)c(Cl)c(Cl)c4)C3(Cl)Cl)ccc2Cl)c(F)cc1F. The van der Waals surface area contributed by atoms with E-state index in [-0.39, 0.29) is 37.0 Å². The fourth-order valence-corrected chi connectivity index (χ4v) is 5.58. The Kier molecular flexibility index (Phi) is 8.57. The van der Waals surface area contributed by atoms with E-state index in [9.17, 15) is 23.2 Å². The smallest absolute Gasteiger partial charge is 0.257 e. The van der Waals surface area contributed by atoms with Gasteiger partial charge in [0, 0.05) is 24.6 Å². The van der Waals surface area contributed by atoms with Gasteiger partial charge in [0.2, 0.25) is 11.8 Å². The largest absolute Gasteiger partial charge is 0.326 e. The molecule has 3 aromatic carbocycles. The van der Waals surface area contributed by atoms with Crippen LogP contribution in [0.4, 0.5) is 25.8 Å². The van der Waals surface area contributed by atoms with Crippen molar-refractivity contribution in [1.82, 2.24) is 0 Å². The van der Waals surface area contributed by atoms with Crippen LogP contribution in [0.2, 0.25) is 20.1 Å². The third-order valence-electron chi connectivity index (χ3n) is 5.80. The van der Waals surface area contributed by atoms with Crippen molar-refractivity contribution in [3.05, 3.63) is 85.3 Å². The van der Waals surface area contributed by atoms with Crippen molar-refractivity contribution in [1.29, 1.82) is 0 Å². The molecule has 1 fully saturated rings. The quantitative estimate of drug-likeness (QED) is 0.184. The van der Waals surface area contributed by atoms with Crippen LogP contribution in [0.5, 0.6) is 0 Å². The van der Waals surface area contributed by atoms with Crippen LogP contribution >= 0.6 is 69.6 Å². The second kappa shape index (κ2) is 11.3. The van der Waals surface area contributed by atoms with E-state index in [1.54, 1.807) is 0 Å². The van der Waals surface area contributed by atoms with Gasteiger partial charge in [0.15, 0.2) is 0 Å². The minimum atomic E-state index is -1.47. The minimum absolute atomic E-state index is 0.0196. The number of nitrogens with one attached hydrogen (secondary N) is 3. The summed E-state index contributed by atoms with van der Waals surface area (Å²) in [6.45, 7) is 1.14. The highest BCUT2D eigenvalue weighted by molar-refractivity contribution is 6.54. The summed E-state index contributed by atoms with van der Waals surface area (Å²) in [4.78, 5) is 37.2. The molecule has 204 valence electrons. The molecule has 0 radical (unpaired) electrons. The summed E-state index contributed by atoms with van der Waals surface area (Å²) < 4.78 is 26.8. The zero-order valence-electron chi connectivity index (χ0n) is 19.4. The lowest BCUT2D eigenvalue weighted by Crippen LogP contribution is -2.18. The standard InChI is InChI=1S/C25H15Cl6F2N3O3/c1-9(37)34-18-8-19(17(33)7-16(18)32)36-23(38)12-6-11(2-3-13(12)26)35-24(39)21-20(25(21,30)31)10-4-14(27)22(29)15(28)5-10/h2-8,20-21H,1H3,(H,34,37)(H,35,39)(H,36,38)/t20-,21+/m0/s1. The summed E-state index contributed by atoms with van der Waals surface area (Å²) in [5, 5.41) is 7.57. The van der Waals surface area contributed by atoms with Crippen molar-refractivity contribution >= 4 is 104 Å². The first-order valence-corrected chi connectivity index (χ1v) is 13.2. The molecule has 0 heterocycles. The first kappa shape index (κ1) is 29.6. The molecule has 2 atom stereocenters. The number of rotatable bonds is 6. The molecule has 0 aromatic heterocycles. The van der Waals surface area contributed by atoms with Crippen molar-refractivity contribution in [2.24, 2.45) is 5.92 Å². The number of halogens is 8. The molecule has 3 aromatic rings. The van der Waals surface area contributed by atoms with Gasteiger partial charge in [-0.05, 0) is 42.0 Å². The lowest BCUT2D eigenvalue weighted by atomic mass is 10.1. The van der Waals surface area contributed by atoms with E-state index < -0.39 is 51.2 Å². The number of carbonyl (C=O) groups excluding carboxylic acids is 3. The first-order chi connectivity index (χ1) is 18.2. The second-order valence-corrected chi connectivity index (χ2v) is 11.6. The highest BCUT2D eigenvalue weighted by atomic mass is 35.5. The zero-order valence-corrected chi connectivity index (χ0v) is 24.0. The number of benzene rings is 3. The first-order valence-electron chi connectivity index (χ1n) is 10.9. The lowest BCUT2D eigenvalue weighted by Gasteiger charge is -2.12. The highest BCUT2D eigenvalue weighted by Gasteiger charge is 2.67. The summed E-state index contributed by atoms with van der Waals surface area (Å²) in [6.07, 6.45) is 0. The fraction of sp³-hybridized carbons (Fsp3) is 0.160. The number of carbonyl (C=O) groups is 3. The molecule has 0 spiro atoms. The van der Waals surface area contributed by atoms with Crippen LogP contribution in [0, 0.1) is 17.6 Å². The van der Waals surface area contributed by atoms with Gasteiger partial charge in [0.25, 0.3) is 5.91 Å². The van der Waals surface area contributed by atoms with Crippen molar-refractivity contribution in [3.63, 3.8) is 0 Å². The lowest BCUT2D eigenvalue weighted by molar-refractivity contribution is -0.117. The van der Waals surface area contributed by atoms with Gasteiger partial charge >= 0.3 is 0 Å². The Morgan fingerprint density at radius 1 is 0.795 bits per heavy atom. The van der Waals surface area contributed by atoms with Crippen molar-refractivity contribution in [2.75, 3.05) is 16.0 Å². The molecule has 0 saturated heterocycles. The number of amides is 3. The van der Waals surface area contributed by atoms with Crippen molar-refractivity contribution in [3.8, 4) is 0 Å². The van der Waals surface area contributed by atoms with Crippen LogP contribution in [-0.4, -0.2) is 22.1 Å². The van der Waals surface area contributed by atoms with Crippen LogP contribution in [0.15, 0.2) is 42.5 Å². The molecule has 3 amide bonds. The fourth-order valence-electron chi connectivity index (χ4n) is 3.94. The van der Waals surface area contributed by atoms with Gasteiger partial charge in [-0.2, -0.15) is 0 Å². The molecule has 39 heavy (non-hydrogen) atoms. The zero-order chi connectivity index (χ0) is 28.8. The van der Waals surface area contributed by atoms with E-state index in [1.165, 1.54) is 30.3 Å². The molecule has 3 N–H and O–H groups in total. The molecule has 1 saturated carbocycles. The van der Waals surface area contributed by atoms with Crippen molar-refractivity contribution < 1.29 is 23.2 Å². The van der Waals surface area contributed by atoms with Gasteiger partial charge < -0.3 is 16.0 Å². The van der Waals surface area contributed by atoms with Gasteiger partial charge in [-0.15, -0.1) is 23.2 Å². The Balaban J connectivity index is 1.53. The van der Waals surface area contributed by atoms with Gasteiger partial charge in [0.05, 0.1) is 42.9 Å². The van der Waals surface area contributed by atoms with E-state index in [2.05, 4.69) is 16.0 Å². The predicted molar refractivity (Wildman–Crippen MR) is 151 cm³/mol. The minimum Gasteiger partial charge on any atom is -0.326 e. The predicted octanol–water partition coefficient (Wildman–Crippen LogP) is 8.32. The van der Waals surface area contributed by atoms with E-state index in [1.807, 2.05) is 0 Å². The number of hydrogen-bond acceptors (Lipinski definition) is 3. The second-order valence-electron chi connectivity index (χ2n) is 8.56. The summed E-state index contributed by atoms with van der Waals surface area (Å²) in [5.74, 6) is -5.69. The summed E-state index contributed by atoms with van der Waals surface area (Å²) in [5.41, 5.74) is -0.207. The summed E-state index contributed by atoms with van der Waals surface area (Å²) in [6, 6.07) is 8.50. The van der Waals surface area contributed by atoms with E-state index >= 15 is 0 Å². The number of hydrogen-bond donors (Lipinski definition) is 3. The van der Waals surface area contributed by atoms with Crippen LogP contribution < -0.4 is 16.0 Å². The van der Waals surface area contributed by atoms with Crippen molar-refractivity contribution in [2.45, 2.75) is 17.2 Å². The average Bonchev–Trinajstić information content (AvgIpc) is 3.43. The van der Waals surface area contributed by atoms with Crippen LogP contribution in [0.1, 0.15) is 28.8 Å². The van der Waals surface area contributed by atoms with Gasteiger partial charge in [0.1, 0.15) is 16.0 Å².